The normalized spacial score (nSPS) is 20.7. The summed E-state index contributed by atoms with van der Waals surface area (Å²) in [6.45, 7) is 2.29. The molecule has 6 heteroatoms. The van der Waals surface area contributed by atoms with Crippen molar-refractivity contribution in [1.29, 1.82) is 0 Å². The Kier molecular flexibility index (Phi) is 4.70. The number of hydrogen-bond donors (Lipinski definition) is 1. The first-order valence-electron chi connectivity index (χ1n) is 8.93. The second-order valence-electron chi connectivity index (χ2n) is 6.66. The Hall–Kier alpha value is -2.34. The summed E-state index contributed by atoms with van der Waals surface area (Å²) in [5.41, 5.74) is 0.663. The molecule has 0 bridgehead atoms. The molecule has 4 rings (SSSR count). The van der Waals surface area contributed by atoms with Gasteiger partial charge in [0.15, 0.2) is 0 Å². The summed E-state index contributed by atoms with van der Waals surface area (Å²) in [7, 11) is 0. The van der Waals surface area contributed by atoms with Crippen LogP contribution in [0.15, 0.2) is 36.7 Å². The molecule has 1 fully saturated rings. The minimum atomic E-state index is -0.0359. The monoisotopic (exact) mass is 341 g/mol. The lowest BCUT2D eigenvalue weighted by Gasteiger charge is -2.25. The first-order chi connectivity index (χ1) is 12.3. The summed E-state index contributed by atoms with van der Waals surface area (Å²) in [4.78, 5) is 16.8. The number of nitrogens with one attached hydrogen (secondary N) is 1. The van der Waals surface area contributed by atoms with E-state index in [-0.39, 0.29) is 18.1 Å². The maximum absolute atomic E-state index is 12.5. The van der Waals surface area contributed by atoms with Crippen molar-refractivity contribution < 1.29 is 14.3 Å². The van der Waals surface area contributed by atoms with Crippen molar-refractivity contribution in [3.05, 3.63) is 48.0 Å². The van der Waals surface area contributed by atoms with Gasteiger partial charge in [0.2, 0.25) is 0 Å². The maximum Gasteiger partial charge on any atom is 0.251 e. The highest BCUT2D eigenvalue weighted by atomic mass is 16.5. The Labute approximate surface area is 147 Å². The van der Waals surface area contributed by atoms with Gasteiger partial charge in [-0.25, -0.2) is 4.98 Å². The van der Waals surface area contributed by atoms with Crippen LogP contribution in [0.4, 0.5) is 0 Å². The lowest BCUT2D eigenvalue weighted by Crippen LogP contribution is -2.40. The van der Waals surface area contributed by atoms with Crippen molar-refractivity contribution in [2.24, 2.45) is 0 Å². The van der Waals surface area contributed by atoms with E-state index in [4.69, 9.17) is 9.47 Å². The molecule has 2 aliphatic rings. The average molecular weight is 341 g/mol. The highest BCUT2D eigenvalue weighted by Crippen LogP contribution is 2.19. The Bertz CT molecular complexity index is 720. The van der Waals surface area contributed by atoms with Gasteiger partial charge in [0.25, 0.3) is 5.91 Å². The van der Waals surface area contributed by atoms with Crippen LogP contribution >= 0.6 is 0 Å². The molecule has 1 aromatic carbocycles. The van der Waals surface area contributed by atoms with Gasteiger partial charge in [0, 0.05) is 49.8 Å². The van der Waals surface area contributed by atoms with Gasteiger partial charge in [0.05, 0.1) is 13.2 Å². The van der Waals surface area contributed by atoms with Gasteiger partial charge >= 0.3 is 0 Å². The van der Waals surface area contributed by atoms with E-state index in [2.05, 4.69) is 14.9 Å². The second-order valence-corrected chi connectivity index (χ2v) is 6.66. The van der Waals surface area contributed by atoms with Crippen LogP contribution in [0.1, 0.15) is 35.4 Å². The van der Waals surface area contributed by atoms with Crippen LogP contribution in [0.3, 0.4) is 0 Å². The molecule has 1 atom stereocenters. The molecule has 0 spiro atoms. The third-order valence-corrected chi connectivity index (χ3v) is 4.86. The molecule has 1 amide bonds. The quantitative estimate of drug-likeness (QED) is 0.926. The van der Waals surface area contributed by atoms with Gasteiger partial charge in [-0.2, -0.15) is 0 Å². The lowest BCUT2D eigenvalue weighted by molar-refractivity contribution is 0.0256. The van der Waals surface area contributed by atoms with Gasteiger partial charge in [-0.05, 0) is 30.7 Å². The molecule has 2 aliphatic heterocycles. The topological polar surface area (TPSA) is 65.4 Å². The van der Waals surface area contributed by atoms with E-state index in [9.17, 15) is 4.79 Å². The molecule has 132 valence electrons. The van der Waals surface area contributed by atoms with Crippen LogP contribution in [0.25, 0.3) is 0 Å². The van der Waals surface area contributed by atoms with E-state index >= 15 is 0 Å². The zero-order chi connectivity index (χ0) is 17.1. The molecule has 0 aliphatic carbocycles. The molecule has 2 aromatic rings. The van der Waals surface area contributed by atoms with E-state index in [0.717, 1.165) is 57.0 Å². The summed E-state index contributed by atoms with van der Waals surface area (Å²) in [5.74, 6) is 1.87. The highest BCUT2D eigenvalue weighted by Gasteiger charge is 2.21. The summed E-state index contributed by atoms with van der Waals surface area (Å²) in [6.07, 6.45) is 7.65. The van der Waals surface area contributed by atoms with E-state index in [1.165, 1.54) is 0 Å². The van der Waals surface area contributed by atoms with Gasteiger partial charge in [0.1, 0.15) is 17.7 Å². The van der Waals surface area contributed by atoms with Crippen LogP contribution < -0.4 is 10.1 Å². The number of ether oxygens (including phenoxy) is 2. The van der Waals surface area contributed by atoms with Gasteiger partial charge in [-0.3, -0.25) is 4.79 Å². The van der Waals surface area contributed by atoms with Crippen molar-refractivity contribution in [1.82, 2.24) is 14.9 Å². The van der Waals surface area contributed by atoms with Crippen LogP contribution in [0.5, 0.6) is 5.75 Å². The first-order valence-corrected chi connectivity index (χ1v) is 8.93. The van der Waals surface area contributed by atoms with Gasteiger partial charge < -0.3 is 19.4 Å². The number of hydrogen-bond acceptors (Lipinski definition) is 4. The average Bonchev–Trinajstić information content (AvgIpc) is 3.11. The minimum Gasteiger partial charge on any atom is -0.490 e. The first kappa shape index (κ1) is 16.1. The number of fused-ring (bicyclic) bond motifs is 1. The van der Waals surface area contributed by atoms with Crippen molar-refractivity contribution >= 4 is 5.91 Å². The van der Waals surface area contributed by atoms with Crippen LogP contribution in [0.2, 0.25) is 0 Å². The van der Waals surface area contributed by atoms with E-state index in [1.54, 1.807) is 0 Å². The molecular formula is C19H23N3O3. The fourth-order valence-corrected chi connectivity index (χ4v) is 3.42. The third-order valence-electron chi connectivity index (χ3n) is 4.86. The van der Waals surface area contributed by atoms with E-state index in [1.807, 2.05) is 36.7 Å². The Balaban J connectivity index is 1.33. The number of carbonyl (C=O) groups excluding carboxylic acids is 1. The molecular weight excluding hydrogens is 318 g/mol. The minimum absolute atomic E-state index is 0.0359. The number of benzene rings is 1. The molecule has 0 radical (unpaired) electrons. The van der Waals surface area contributed by atoms with E-state index < -0.39 is 0 Å². The number of aryl methyl sites for hydroxylation is 1. The van der Waals surface area contributed by atoms with Crippen LogP contribution in [0, 0.1) is 0 Å². The summed E-state index contributed by atoms with van der Waals surface area (Å²) >= 11 is 0. The highest BCUT2D eigenvalue weighted by molar-refractivity contribution is 5.94. The molecule has 1 aromatic heterocycles. The largest absolute Gasteiger partial charge is 0.490 e. The molecule has 25 heavy (non-hydrogen) atoms. The molecule has 6 nitrogen and oxygen atoms in total. The fraction of sp³-hybridized carbons (Fsp3) is 0.474. The standard InChI is InChI=1S/C19H23N3O3/c23-19(21-15-3-6-18-20-9-10-22(18)13-15)14-1-4-16(5-2-14)25-17-7-11-24-12-8-17/h1-2,4-5,9-10,15,17H,3,6-8,11-13H2,(H,21,23). The molecule has 1 N–H and O–H groups in total. The summed E-state index contributed by atoms with van der Waals surface area (Å²) in [6, 6.07) is 7.55. The number of imidazole rings is 1. The second kappa shape index (κ2) is 7.27. The maximum atomic E-state index is 12.5. The Morgan fingerprint density at radius 1 is 1.20 bits per heavy atom. The SMILES string of the molecule is O=C(NC1CCc2nccn2C1)c1ccc(OC2CCOCC2)cc1. The Morgan fingerprint density at radius 3 is 2.80 bits per heavy atom. The van der Waals surface area contributed by atoms with Crippen molar-refractivity contribution in [2.75, 3.05) is 13.2 Å². The zero-order valence-electron chi connectivity index (χ0n) is 14.2. The molecule has 1 saturated heterocycles. The summed E-state index contributed by atoms with van der Waals surface area (Å²) < 4.78 is 13.4. The number of carbonyl (C=O) groups is 1. The van der Waals surface area contributed by atoms with Crippen LogP contribution in [-0.2, 0) is 17.7 Å². The zero-order valence-corrected chi connectivity index (χ0v) is 14.2. The molecule has 0 saturated carbocycles. The summed E-state index contributed by atoms with van der Waals surface area (Å²) in [5, 5.41) is 3.12. The van der Waals surface area contributed by atoms with Gasteiger partial charge in [-0.1, -0.05) is 0 Å². The predicted octanol–water partition coefficient (Wildman–Crippen LogP) is 2.19. The smallest absolute Gasteiger partial charge is 0.251 e. The number of aromatic nitrogens is 2. The number of amides is 1. The molecule has 1 unspecified atom stereocenters. The third kappa shape index (κ3) is 3.85. The number of rotatable bonds is 4. The van der Waals surface area contributed by atoms with Crippen molar-refractivity contribution in [3.63, 3.8) is 0 Å². The van der Waals surface area contributed by atoms with E-state index in [0.29, 0.717) is 5.56 Å². The van der Waals surface area contributed by atoms with Crippen molar-refractivity contribution in [3.8, 4) is 5.75 Å². The fourth-order valence-electron chi connectivity index (χ4n) is 3.42. The number of nitrogens with zero attached hydrogens (tertiary/aromatic N) is 2. The van der Waals surface area contributed by atoms with Crippen LogP contribution in [-0.4, -0.2) is 40.8 Å². The van der Waals surface area contributed by atoms with Crippen molar-refractivity contribution in [2.45, 2.75) is 44.4 Å². The van der Waals surface area contributed by atoms with Gasteiger partial charge in [-0.15, -0.1) is 0 Å². The lowest BCUT2D eigenvalue weighted by atomic mass is 10.1. The Morgan fingerprint density at radius 2 is 2.00 bits per heavy atom. The predicted molar refractivity (Wildman–Crippen MR) is 92.7 cm³/mol. The molecule has 3 heterocycles.